The maximum absolute atomic E-state index is 12.3. The van der Waals surface area contributed by atoms with Gasteiger partial charge >= 0.3 is 5.97 Å². The fraction of sp³-hybridized carbons (Fsp3) is 0.562. The summed E-state index contributed by atoms with van der Waals surface area (Å²) in [6, 6.07) is 2.01. The first-order valence-corrected chi connectivity index (χ1v) is 9.45. The van der Waals surface area contributed by atoms with Gasteiger partial charge in [0.1, 0.15) is 0 Å². The summed E-state index contributed by atoms with van der Waals surface area (Å²) in [6.07, 6.45) is 3.98. The van der Waals surface area contributed by atoms with Crippen LogP contribution in [0.1, 0.15) is 47.9 Å². The number of ether oxygens (including phenoxy) is 2. The summed E-state index contributed by atoms with van der Waals surface area (Å²) in [5.74, 6) is 0.829. The predicted octanol–water partition coefficient (Wildman–Crippen LogP) is 4.33. The van der Waals surface area contributed by atoms with Crippen LogP contribution in [0.2, 0.25) is 0 Å². The first kappa shape index (κ1) is 16.7. The van der Waals surface area contributed by atoms with Crippen molar-refractivity contribution in [3.8, 4) is 0 Å². The second-order valence-corrected chi connectivity index (χ2v) is 6.72. The van der Waals surface area contributed by atoms with Gasteiger partial charge in [0.05, 0.1) is 18.3 Å². The molecule has 1 aliphatic heterocycles. The summed E-state index contributed by atoms with van der Waals surface area (Å²) in [4.78, 5) is 14.6. The summed E-state index contributed by atoms with van der Waals surface area (Å²) in [5, 5.41) is 0. The number of carbonyl (C=O) groups is 1. The Hall–Kier alpha value is -0.650. The molecule has 0 aliphatic carbocycles. The SMILES string of the molecule is CCOC(=O)c1cc(CC)c2c(c1SC)C(OC)CCS2. The minimum Gasteiger partial charge on any atom is -0.462 e. The first-order valence-electron chi connectivity index (χ1n) is 7.24. The highest BCUT2D eigenvalue weighted by Gasteiger charge is 2.29. The lowest BCUT2D eigenvalue weighted by Gasteiger charge is -2.29. The molecule has 1 aromatic carbocycles. The van der Waals surface area contributed by atoms with E-state index in [-0.39, 0.29) is 12.1 Å². The van der Waals surface area contributed by atoms with Gasteiger partial charge in [0.15, 0.2) is 0 Å². The molecule has 3 nitrogen and oxygen atoms in total. The van der Waals surface area contributed by atoms with E-state index >= 15 is 0 Å². The van der Waals surface area contributed by atoms with Crippen LogP contribution in [0.5, 0.6) is 0 Å². The number of aryl methyl sites for hydroxylation is 1. The standard InChI is InChI=1S/C16H22O3S2/c1-5-10-9-11(16(17)19-6-2)15(20-4)13-12(18-3)7-8-21-14(10)13/h9,12H,5-8H2,1-4H3. The Morgan fingerprint density at radius 2 is 2.24 bits per heavy atom. The van der Waals surface area contributed by atoms with Crippen molar-refractivity contribution in [1.29, 1.82) is 0 Å². The van der Waals surface area contributed by atoms with E-state index in [9.17, 15) is 4.79 Å². The van der Waals surface area contributed by atoms with Crippen molar-refractivity contribution in [3.05, 3.63) is 22.8 Å². The fourth-order valence-corrected chi connectivity index (χ4v) is 4.87. The Balaban J connectivity index is 2.65. The molecule has 0 bridgehead atoms. The maximum Gasteiger partial charge on any atom is 0.339 e. The van der Waals surface area contributed by atoms with Crippen LogP contribution < -0.4 is 0 Å². The lowest BCUT2D eigenvalue weighted by molar-refractivity contribution is 0.0519. The van der Waals surface area contributed by atoms with Gasteiger partial charge < -0.3 is 9.47 Å². The monoisotopic (exact) mass is 326 g/mol. The minimum atomic E-state index is -0.232. The largest absolute Gasteiger partial charge is 0.462 e. The normalized spacial score (nSPS) is 17.4. The van der Waals surface area contributed by atoms with E-state index in [2.05, 4.69) is 6.92 Å². The predicted molar refractivity (Wildman–Crippen MR) is 88.6 cm³/mol. The summed E-state index contributed by atoms with van der Waals surface area (Å²) in [7, 11) is 1.75. The molecule has 1 heterocycles. The van der Waals surface area contributed by atoms with Crippen LogP contribution in [0.3, 0.4) is 0 Å². The second kappa shape index (κ2) is 7.56. The molecule has 1 unspecified atom stereocenters. The van der Waals surface area contributed by atoms with Crippen LogP contribution in [0.25, 0.3) is 0 Å². The van der Waals surface area contributed by atoms with E-state index in [1.807, 2.05) is 31.0 Å². The topological polar surface area (TPSA) is 35.5 Å². The molecular formula is C16H22O3S2. The van der Waals surface area contributed by atoms with Gasteiger partial charge in [-0.25, -0.2) is 4.79 Å². The van der Waals surface area contributed by atoms with Gasteiger partial charge in [-0.3, -0.25) is 0 Å². The second-order valence-electron chi connectivity index (χ2n) is 4.79. The van der Waals surface area contributed by atoms with E-state index in [1.165, 1.54) is 16.0 Å². The van der Waals surface area contributed by atoms with Gasteiger partial charge in [0.2, 0.25) is 0 Å². The Morgan fingerprint density at radius 3 is 2.81 bits per heavy atom. The first-order chi connectivity index (χ1) is 10.2. The van der Waals surface area contributed by atoms with E-state index in [0.717, 1.165) is 23.5 Å². The fourth-order valence-electron chi connectivity index (χ4n) is 2.68. The van der Waals surface area contributed by atoms with Crippen LogP contribution >= 0.6 is 23.5 Å². The minimum absolute atomic E-state index is 0.0726. The van der Waals surface area contributed by atoms with Crippen molar-refractivity contribution in [2.45, 2.75) is 42.6 Å². The lowest BCUT2D eigenvalue weighted by Crippen LogP contribution is -2.16. The molecule has 21 heavy (non-hydrogen) atoms. The van der Waals surface area contributed by atoms with Crippen LogP contribution in [0, 0.1) is 0 Å². The third kappa shape index (κ3) is 3.25. The Bertz CT molecular complexity index is 529. The van der Waals surface area contributed by atoms with Gasteiger partial charge in [0.25, 0.3) is 0 Å². The summed E-state index contributed by atoms with van der Waals surface area (Å²) >= 11 is 3.49. The highest BCUT2D eigenvalue weighted by atomic mass is 32.2. The molecule has 1 aromatic rings. The number of methoxy groups -OCH3 is 1. The van der Waals surface area contributed by atoms with Crippen molar-refractivity contribution >= 4 is 29.5 Å². The summed E-state index contributed by atoms with van der Waals surface area (Å²) in [5.41, 5.74) is 3.09. The van der Waals surface area contributed by atoms with E-state index < -0.39 is 0 Å². The molecule has 0 spiro atoms. The van der Waals surface area contributed by atoms with E-state index in [0.29, 0.717) is 12.2 Å². The van der Waals surface area contributed by atoms with Gasteiger partial charge in [0, 0.05) is 28.2 Å². The number of fused-ring (bicyclic) bond motifs is 1. The molecule has 0 radical (unpaired) electrons. The molecule has 116 valence electrons. The van der Waals surface area contributed by atoms with Crippen molar-refractivity contribution < 1.29 is 14.3 Å². The van der Waals surface area contributed by atoms with Gasteiger partial charge in [-0.15, -0.1) is 23.5 Å². The molecule has 0 amide bonds. The number of rotatable bonds is 5. The molecule has 0 N–H and O–H groups in total. The van der Waals surface area contributed by atoms with Crippen LogP contribution in [-0.2, 0) is 15.9 Å². The molecule has 2 rings (SSSR count). The molecule has 0 saturated carbocycles. The lowest BCUT2D eigenvalue weighted by atomic mass is 9.98. The number of hydrogen-bond acceptors (Lipinski definition) is 5. The van der Waals surface area contributed by atoms with Gasteiger partial charge in [-0.2, -0.15) is 0 Å². The third-order valence-corrected chi connectivity index (χ3v) is 5.72. The highest BCUT2D eigenvalue weighted by molar-refractivity contribution is 8.00. The quantitative estimate of drug-likeness (QED) is 0.594. The van der Waals surface area contributed by atoms with Crippen molar-refractivity contribution in [2.24, 2.45) is 0 Å². The Morgan fingerprint density at radius 1 is 1.48 bits per heavy atom. The Labute approximate surface area is 135 Å². The number of esters is 1. The zero-order valence-electron chi connectivity index (χ0n) is 13.0. The average molecular weight is 326 g/mol. The molecular weight excluding hydrogens is 304 g/mol. The maximum atomic E-state index is 12.3. The van der Waals surface area contributed by atoms with Crippen LogP contribution in [-0.4, -0.2) is 31.7 Å². The molecule has 1 aliphatic rings. The summed E-state index contributed by atoms with van der Waals surface area (Å²) < 4.78 is 10.9. The Kier molecular flexibility index (Phi) is 6.02. The zero-order chi connectivity index (χ0) is 15.4. The van der Waals surface area contributed by atoms with Crippen LogP contribution in [0.15, 0.2) is 15.9 Å². The number of carbonyl (C=O) groups excluding carboxylic acids is 1. The van der Waals surface area contributed by atoms with Gasteiger partial charge in [-0.1, -0.05) is 6.92 Å². The smallest absolute Gasteiger partial charge is 0.339 e. The number of hydrogen-bond donors (Lipinski definition) is 0. The van der Waals surface area contributed by atoms with Crippen molar-refractivity contribution in [3.63, 3.8) is 0 Å². The zero-order valence-corrected chi connectivity index (χ0v) is 14.7. The van der Waals surface area contributed by atoms with Crippen molar-refractivity contribution in [2.75, 3.05) is 25.7 Å². The molecule has 0 fully saturated rings. The average Bonchev–Trinajstić information content (AvgIpc) is 2.52. The van der Waals surface area contributed by atoms with Gasteiger partial charge in [-0.05, 0) is 37.7 Å². The van der Waals surface area contributed by atoms with Crippen molar-refractivity contribution in [1.82, 2.24) is 0 Å². The number of benzene rings is 1. The third-order valence-electron chi connectivity index (χ3n) is 3.66. The molecule has 0 saturated heterocycles. The summed E-state index contributed by atoms with van der Waals surface area (Å²) in [6.45, 7) is 4.36. The van der Waals surface area contributed by atoms with E-state index in [1.54, 1.807) is 18.9 Å². The van der Waals surface area contributed by atoms with Crippen LogP contribution in [0.4, 0.5) is 0 Å². The molecule has 0 aromatic heterocycles. The highest BCUT2D eigenvalue weighted by Crippen LogP contribution is 2.46. The molecule has 5 heteroatoms. The van der Waals surface area contributed by atoms with E-state index in [4.69, 9.17) is 9.47 Å². The molecule has 1 atom stereocenters. The number of thioether (sulfide) groups is 2.